The first kappa shape index (κ1) is 20.5. The maximum Gasteiger partial charge on any atom is 0.243 e. The number of pyridine rings is 1. The number of rotatable bonds is 7. The highest BCUT2D eigenvalue weighted by atomic mass is 32.2. The number of carbonyl (C=O) groups excluding carboxylic acids is 1. The molecule has 1 saturated heterocycles. The van der Waals surface area contributed by atoms with E-state index in [-0.39, 0.29) is 11.9 Å². The lowest BCUT2D eigenvalue weighted by atomic mass is 10.1. The predicted octanol–water partition coefficient (Wildman–Crippen LogP) is 3.07. The van der Waals surface area contributed by atoms with Crippen LogP contribution in [0.4, 0.5) is 0 Å². The van der Waals surface area contributed by atoms with Crippen LogP contribution in [0.1, 0.15) is 49.8 Å². The molecule has 150 valence electrons. The molecule has 1 unspecified atom stereocenters. The summed E-state index contributed by atoms with van der Waals surface area (Å²) in [5, 5.41) is 2.96. The SMILES string of the molecule is CC(NC(=O)CCc1ccc(S(=O)(=O)N2CCCCC2)cc1)c1cccnc1. The van der Waals surface area contributed by atoms with E-state index in [9.17, 15) is 13.2 Å². The van der Waals surface area contributed by atoms with E-state index in [1.165, 1.54) is 0 Å². The van der Waals surface area contributed by atoms with Gasteiger partial charge in [0.1, 0.15) is 0 Å². The van der Waals surface area contributed by atoms with Gasteiger partial charge in [-0.05, 0) is 55.5 Å². The molecule has 1 fully saturated rings. The van der Waals surface area contributed by atoms with Gasteiger partial charge in [-0.1, -0.05) is 24.6 Å². The highest BCUT2D eigenvalue weighted by Gasteiger charge is 2.25. The molecule has 0 spiro atoms. The number of benzene rings is 1. The lowest BCUT2D eigenvalue weighted by molar-refractivity contribution is -0.121. The van der Waals surface area contributed by atoms with E-state index in [4.69, 9.17) is 0 Å². The maximum atomic E-state index is 12.7. The van der Waals surface area contributed by atoms with E-state index in [2.05, 4.69) is 10.3 Å². The van der Waals surface area contributed by atoms with Crippen molar-refractivity contribution in [3.63, 3.8) is 0 Å². The number of hydrogen-bond acceptors (Lipinski definition) is 4. The van der Waals surface area contributed by atoms with Crippen molar-refractivity contribution < 1.29 is 13.2 Å². The third-order valence-corrected chi connectivity index (χ3v) is 6.99. The maximum absolute atomic E-state index is 12.7. The predicted molar refractivity (Wildman–Crippen MR) is 108 cm³/mol. The van der Waals surface area contributed by atoms with Gasteiger partial charge in [0.2, 0.25) is 15.9 Å². The van der Waals surface area contributed by atoms with Crippen LogP contribution < -0.4 is 5.32 Å². The molecule has 1 N–H and O–H groups in total. The second kappa shape index (κ2) is 9.30. The van der Waals surface area contributed by atoms with E-state index in [1.54, 1.807) is 41.0 Å². The van der Waals surface area contributed by atoms with Gasteiger partial charge in [-0.3, -0.25) is 9.78 Å². The Labute approximate surface area is 167 Å². The van der Waals surface area contributed by atoms with Crippen LogP contribution in [0.25, 0.3) is 0 Å². The van der Waals surface area contributed by atoms with Crippen LogP contribution in [0.2, 0.25) is 0 Å². The average molecular weight is 402 g/mol. The molecule has 1 aromatic heterocycles. The van der Waals surface area contributed by atoms with Crippen LogP contribution in [0.3, 0.4) is 0 Å². The molecular formula is C21H27N3O3S. The van der Waals surface area contributed by atoms with Crippen molar-refractivity contribution in [2.45, 2.75) is 50.0 Å². The van der Waals surface area contributed by atoms with Gasteiger partial charge in [0.25, 0.3) is 0 Å². The summed E-state index contributed by atoms with van der Waals surface area (Å²) in [7, 11) is -3.41. The van der Waals surface area contributed by atoms with Gasteiger partial charge >= 0.3 is 0 Å². The van der Waals surface area contributed by atoms with Gasteiger partial charge in [-0.15, -0.1) is 0 Å². The Morgan fingerprint density at radius 3 is 2.50 bits per heavy atom. The van der Waals surface area contributed by atoms with E-state index >= 15 is 0 Å². The van der Waals surface area contributed by atoms with Crippen molar-refractivity contribution in [3.05, 3.63) is 59.9 Å². The van der Waals surface area contributed by atoms with Crippen LogP contribution in [0, 0.1) is 0 Å². The second-order valence-corrected chi connectivity index (χ2v) is 9.12. The van der Waals surface area contributed by atoms with Crippen molar-refractivity contribution in [1.82, 2.24) is 14.6 Å². The Hall–Kier alpha value is -2.25. The van der Waals surface area contributed by atoms with Crippen molar-refractivity contribution in [2.75, 3.05) is 13.1 Å². The fourth-order valence-corrected chi connectivity index (χ4v) is 4.89. The third kappa shape index (κ3) is 5.17. The topological polar surface area (TPSA) is 79.4 Å². The molecule has 1 amide bonds. The first-order valence-electron chi connectivity index (χ1n) is 9.75. The van der Waals surface area contributed by atoms with Gasteiger partial charge in [0.15, 0.2) is 0 Å². The van der Waals surface area contributed by atoms with E-state index in [0.29, 0.717) is 30.8 Å². The monoisotopic (exact) mass is 401 g/mol. The van der Waals surface area contributed by atoms with E-state index in [0.717, 1.165) is 30.4 Å². The Kier molecular flexibility index (Phi) is 6.80. The quantitative estimate of drug-likeness (QED) is 0.773. The number of sulfonamides is 1. The minimum Gasteiger partial charge on any atom is -0.350 e. The summed E-state index contributed by atoms with van der Waals surface area (Å²) >= 11 is 0. The summed E-state index contributed by atoms with van der Waals surface area (Å²) in [6.45, 7) is 3.12. The lowest BCUT2D eigenvalue weighted by Crippen LogP contribution is -2.35. The first-order valence-corrected chi connectivity index (χ1v) is 11.2. The summed E-state index contributed by atoms with van der Waals surface area (Å²) in [4.78, 5) is 16.6. The zero-order chi connectivity index (χ0) is 20.0. The number of amides is 1. The highest BCUT2D eigenvalue weighted by molar-refractivity contribution is 7.89. The summed E-state index contributed by atoms with van der Waals surface area (Å²) in [6.07, 6.45) is 7.29. The summed E-state index contributed by atoms with van der Waals surface area (Å²) in [5.41, 5.74) is 1.91. The van der Waals surface area contributed by atoms with Crippen LogP contribution in [-0.4, -0.2) is 36.7 Å². The van der Waals surface area contributed by atoms with Crippen LogP contribution in [0.5, 0.6) is 0 Å². The summed E-state index contributed by atoms with van der Waals surface area (Å²) < 4.78 is 26.9. The van der Waals surface area contributed by atoms with Gasteiger partial charge < -0.3 is 5.32 Å². The molecule has 0 saturated carbocycles. The Bertz CT molecular complexity index is 877. The van der Waals surface area contributed by atoms with Gasteiger partial charge in [-0.2, -0.15) is 4.31 Å². The molecule has 7 heteroatoms. The number of aromatic nitrogens is 1. The number of hydrogen-bond donors (Lipinski definition) is 1. The van der Waals surface area contributed by atoms with Crippen molar-refractivity contribution in [3.8, 4) is 0 Å². The second-order valence-electron chi connectivity index (χ2n) is 7.18. The number of carbonyl (C=O) groups is 1. The van der Waals surface area contributed by atoms with Crippen molar-refractivity contribution in [2.24, 2.45) is 0 Å². The van der Waals surface area contributed by atoms with Crippen LogP contribution in [-0.2, 0) is 21.2 Å². The fraction of sp³-hybridized carbons (Fsp3) is 0.429. The molecule has 2 heterocycles. The largest absolute Gasteiger partial charge is 0.350 e. The number of nitrogens with one attached hydrogen (secondary N) is 1. The smallest absolute Gasteiger partial charge is 0.243 e. The number of nitrogens with zero attached hydrogens (tertiary/aromatic N) is 2. The summed E-state index contributed by atoms with van der Waals surface area (Å²) in [6, 6.07) is 10.6. The zero-order valence-corrected chi connectivity index (χ0v) is 17.0. The molecule has 1 aliphatic heterocycles. The zero-order valence-electron chi connectivity index (χ0n) is 16.2. The molecule has 2 aromatic rings. The minimum absolute atomic E-state index is 0.0404. The Balaban J connectivity index is 1.53. The Morgan fingerprint density at radius 1 is 1.14 bits per heavy atom. The third-order valence-electron chi connectivity index (χ3n) is 5.08. The number of aryl methyl sites for hydroxylation is 1. The molecule has 0 radical (unpaired) electrons. The number of piperidine rings is 1. The molecule has 0 aliphatic carbocycles. The molecular weight excluding hydrogens is 374 g/mol. The highest BCUT2D eigenvalue weighted by Crippen LogP contribution is 2.21. The average Bonchev–Trinajstić information content (AvgIpc) is 2.74. The van der Waals surface area contributed by atoms with Crippen LogP contribution >= 0.6 is 0 Å². The van der Waals surface area contributed by atoms with Crippen LogP contribution in [0.15, 0.2) is 53.7 Å². The normalized spacial score (nSPS) is 16.5. The minimum atomic E-state index is -3.41. The fourth-order valence-electron chi connectivity index (χ4n) is 3.37. The molecule has 6 nitrogen and oxygen atoms in total. The Morgan fingerprint density at radius 2 is 1.86 bits per heavy atom. The standard InChI is InChI=1S/C21H27N3O3S/c1-17(19-6-5-13-22-16-19)23-21(25)12-9-18-7-10-20(11-8-18)28(26,27)24-14-3-2-4-15-24/h5-8,10-11,13,16-17H,2-4,9,12,14-15H2,1H3,(H,23,25). The molecule has 1 atom stereocenters. The molecule has 3 rings (SSSR count). The van der Waals surface area contributed by atoms with E-state index in [1.807, 2.05) is 19.1 Å². The molecule has 1 aliphatic rings. The summed E-state index contributed by atoms with van der Waals surface area (Å²) in [5.74, 6) is -0.0404. The van der Waals surface area contributed by atoms with Crippen molar-refractivity contribution in [1.29, 1.82) is 0 Å². The molecule has 1 aromatic carbocycles. The van der Waals surface area contributed by atoms with Gasteiger partial charge in [-0.25, -0.2) is 8.42 Å². The van der Waals surface area contributed by atoms with Gasteiger partial charge in [0, 0.05) is 31.9 Å². The molecule has 28 heavy (non-hydrogen) atoms. The van der Waals surface area contributed by atoms with Crippen molar-refractivity contribution >= 4 is 15.9 Å². The lowest BCUT2D eigenvalue weighted by Gasteiger charge is -2.25. The molecule has 0 bridgehead atoms. The van der Waals surface area contributed by atoms with E-state index < -0.39 is 10.0 Å². The van der Waals surface area contributed by atoms with Gasteiger partial charge in [0.05, 0.1) is 10.9 Å². The first-order chi connectivity index (χ1) is 13.5.